The van der Waals surface area contributed by atoms with Crippen molar-refractivity contribution in [3.8, 4) is 17.2 Å². The maximum absolute atomic E-state index is 12.9. The molecule has 1 heterocycles. The molecule has 1 amide bonds. The Balaban J connectivity index is 1.91. The smallest absolute Gasteiger partial charge is 0.255 e. The van der Waals surface area contributed by atoms with Crippen molar-refractivity contribution in [2.75, 3.05) is 21.3 Å². The Morgan fingerprint density at radius 1 is 1.00 bits per heavy atom. The van der Waals surface area contributed by atoms with Crippen molar-refractivity contribution in [1.82, 2.24) is 5.32 Å². The van der Waals surface area contributed by atoms with Crippen molar-refractivity contribution in [1.29, 1.82) is 0 Å². The number of amides is 1. The standard InChI is InChI=1S/C21H23NO5/c1-12-14-8-6-7-9-16(14)27-18(12)13(2)22-21(23)15-10-11-17(24-3)20(26-5)19(15)25-4/h6-11,13H,1-5H3,(H,22,23). The fraction of sp³-hybridized carbons (Fsp3) is 0.286. The molecular weight excluding hydrogens is 346 g/mol. The summed E-state index contributed by atoms with van der Waals surface area (Å²) in [6, 6.07) is 10.8. The number of carbonyl (C=O) groups is 1. The molecule has 2 aromatic carbocycles. The molecule has 6 heteroatoms. The van der Waals surface area contributed by atoms with Gasteiger partial charge in [0.2, 0.25) is 5.75 Å². The predicted octanol–water partition coefficient (Wildman–Crippen LogP) is 4.26. The van der Waals surface area contributed by atoms with Gasteiger partial charge in [0.05, 0.1) is 32.9 Å². The number of fused-ring (bicyclic) bond motifs is 1. The van der Waals surface area contributed by atoms with Gasteiger partial charge in [0.15, 0.2) is 11.5 Å². The molecule has 142 valence electrons. The van der Waals surface area contributed by atoms with Crippen LogP contribution >= 0.6 is 0 Å². The average molecular weight is 369 g/mol. The second-order valence-corrected chi connectivity index (χ2v) is 6.16. The van der Waals surface area contributed by atoms with Crippen LogP contribution in [0.15, 0.2) is 40.8 Å². The van der Waals surface area contributed by atoms with Crippen LogP contribution in [0.1, 0.15) is 34.6 Å². The number of benzene rings is 2. The third-order valence-corrected chi connectivity index (χ3v) is 4.57. The number of para-hydroxylation sites is 1. The Kier molecular flexibility index (Phi) is 5.26. The Bertz CT molecular complexity index is 976. The predicted molar refractivity (Wildman–Crippen MR) is 103 cm³/mol. The molecule has 0 bridgehead atoms. The first-order chi connectivity index (χ1) is 13.0. The van der Waals surface area contributed by atoms with Crippen molar-refractivity contribution in [2.24, 2.45) is 0 Å². The van der Waals surface area contributed by atoms with Crippen LogP contribution in [0.4, 0.5) is 0 Å². The van der Waals surface area contributed by atoms with Crippen LogP contribution in [0.3, 0.4) is 0 Å². The summed E-state index contributed by atoms with van der Waals surface area (Å²) in [5.41, 5.74) is 2.17. The number of carbonyl (C=O) groups excluding carboxylic acids is 1. The van der Waals surface area contributed by atoms with E-state index in [2.05, 4.69) is 5.32 Å². The van der Waals surface area contributed by atoms with E-state index in [0.717, 1.165) is 22.3 Å². The molecule has 0 aliphatic carbocycles. The van der Waals surface area contributed by atoms with Crippen LogP contribution in [0.25, 0.3) is 11.0 Å². The SMILES string of the molecule is COc1ccc(C(=O)NC(C)c2oc3ccccc3c2C)c(OC)c1OC. The van der Waals surface area contributed by atoms with Crippen LogP contribution in [0, 0.1) is 6.92 Å². The minimum Gasteiger partial charge on any atom is -0.493 e. The summed E-state index contributed by atoms with van der Waals surface area (Å²) in [5.74, 6) is 1.62. The number of furan rings is 1. The molecule has 3 rings (SSSR count). The number of nitrogens with one attached hydrogen (secondary N) is 1. The molecule has 1 aromatic heterocycles. The molecule has 0 aliphatic heterocycles. The third kappa shape index (κ3) is 3.30. The van der Waals surface area contributed by atoms with E-state index in [1.807, 2.05) is 38.1 Å². The molecule has 6 nitrogen and oxygen atoms in total. The van der Waals surface area contributed by atoms with Crippen molar-refractivity contribution in [3.63, 3.8) is 0 Å². The van der Waals surface area contributed by atoms with Crippen molar-refractivity contribution < 1.29 is 23.4 Å². The van der Waals surface area contributed by atoms with Gasteiger partial charge in [0.25, 0.3) is 5.91 Å². The topological polar surface area (TPSA) is 69.9 Å². The van der Waals surface area contributed by atoms with E-state index < -0.39 is 0 Å². The van der Waals surface area contributed by atoms with E-state index >= 15 is 0 Å². The van der Waals surface area contributed by atoms with Crippen LogP contribution in [-0.2, 0) is 0 Å². The fourth-order valence-electron chi connectivity index (χ4n) is 3.23. The number of hydrogen-bond acceptors (Lipinski definition) is 5. The molecule has 1 N–H and O–H groups in total. The number of methoxy groups -OCH3 is 3. The van der Waals surface area contributed by atoms with Gasteiger partial charge in [0.1, 0.15) is 11.3 Å². The summed E-state index contributed by atoms with van der Waals surface area (Å²) < 4.78 is 22.0. The van der Waals surface area contributed by atoms with Gasteiger partial charge in [-0.15, -0.1) is 0 Å². The quantitative estimate of drug-likeness (QED) is 0.703. The van der Waals surface area contributed by atoms with Gasteiger partial charge in [-0.2, -0.15) is 0 Å². The number of ether oxygens (including phenoxy) is 3. The van der Waals surface area contributed by atoms with Crippen molar-refractivity contribution in [3.05, 3.63) is 53.3 Å². The fourth-order valence-corrected chi connectivity index (χ4v) is 3.23. The normalized spacial score (nSPS) is 11.9. The summed E-state index contributed by atoms with van der Waals surface area (Å²) in [6.07, 6.45) is 0. The summed E-state index contributed by atoms with van der Waals surface area (Å²) in [4.78, 5) is 12.9. The maximum atomic E-state index is 12.9. The Morgan fingerprint density at radius 2 is 1.70 bits per heavy atom. The van der Waals surface area contributed by atoms with Gasteiger partial charge in [-0.1, -0.05) is 18.2 Å². The van der Waals surface area contributed by atoms with E-state index in [9.17, 15) is 4.79 Å². The lowest BCUT2D eigenvalue weighted by Crippen LogP contribution is -2.27. The first-order valence-corrected chi connectivity index (χ1v) is 8.59. The monoisotopic (exact) mass is 369 g/mol. The molecule has 3 aromatic rings. The maximum Gasteiger partial charge on any atom is 0.255 e. The molecule has 0 saturated heterocycles. The average Bonchev–Trinajstić information content (AvgIpc) is 3.03. The highest BCUT2D eigenvalue weighted by Gasteiger charge is 2.24. The summed E-state index contributed by atoms with van der Waals surface area (Å²) >= 11 is 0. The van der Waals surface area contributed by atoms with Gasteiger partial charge >= 0.3 is 0 Å². The van der Waals surface area contributed by atoms with E-state index in [0.29, 0.717) is 22.8 Å². The summed E-state index contributed by atoms with van der Waals surface area (Å²) in [7, 11) is 4.52. The minimum atomic E-state index is -0.317. The Labute approximate surface area is 158 Å². The lowest BCUT2D eigenvalue weighted by atomic mass is 10.1. The highest BCUT2D eigenvalue weighted by molar-refractivity contribution is 5.98. The Morgan fingerprint density at radius 3 is 2.33 bits per heavy atom. The van der Waals surface area contributed by atoms with Gasteiger partial charge in [0, 0.05) is 10.9 Å². The molecule has 0 aliphatic rings. The number of aryl methyl sites for hydroxylation is 1. The second-order valence-electron chi connectivity index (χ2n) is 6.16. The largest absolute Gasteiger partial charge is 0.493 e. The molecular formula is C21H23NO5. The third-order valence-electron chi connectivity index (χ3n) is 4.57. The highest BCUT2D eigenvalue weighted by Crippen LogP contribution is 2.40. The van der Waals surface area contributed by atoms with Crippen molar-refractivity contribution >= 4 is 16.9 Å². The first-order valence-electron chi connectivity index (χ1n) is 8.59. The second kappa shape index (κ2) is 7.61. The molecule has 0 spiro atoms. The zero-order chi connectivity index (χ0) is 19.6. The lowest BCUT2D eigenvalue weighted by molar-refractivity contribution is 0.0931. The Hall–Kier alpha value is -3.15. The molecule has 0 fully saturated rings. The number of rotatable bonds is 6. The van der Waals surface area contributed by atoms with Gasteiger partial charge in [-0.3, -0.25) is 4.79 Å². The van der Waals surface area contributed by atoms with Gasteiger partial charge < -0.3 is 23.9 Å². The van der Waals surface area contributed by atoms with Gasteiger partial charge in [-0.25, -0.2) is 0 Å². The molecule has 0 saturated carbocycles. The summed E-state index contributed by atoms with van der Waals surface area (Å²) in [6.45, 7) is 3.87. The first kappa shape index (κ1) is 18.6. The molecule has 1 unspecified atom stereocenters. The van der Waals surface area contributed by atoms with E-state index in [4.69, 9.17) is 18.6 Å². The molecule has 0 radical (unpaired) electrons. The van der Waals surface area contributed by atoms with Crippen LogP contribution in [0.2, 0.25) is 0 Å². The van der Waals surface area contributed by atoms with Crippen LogP contribution in [-0.4, -0.2) is 27.2 Å². The van der Waals surface area contributed by atoms with E-state index in [-0.39, 0.29) is 11.9 Å². The van der Waals surface area contributed by atoms with E-state index in [1.165, 1.54) is 21.3 Å². The van der Waals surface area contributed by atoms with Crippen LogP contribution < -0.4 is 19.5 Å². The highest BCUT2D eigenvalue weighted by atomic mass is 16.5. The molecule has 1 atom stereocenters. The zero-order valence-corrected chi connectivity index (χ0v) is 16.1. The van der Waals surface area contributed by atoms with Crippen molar-refractivity contribution in [2.45, 2.75) is 19.9 Å². The summed E-state index contributed by atoms with van der Waals surface area (Å²) in [5, 5.41) is 4.01. The lowest BCUT2D eigenvalue weighted by Gasteiger charge is -2.17. The van der Waals surface area contributed by atoms with Gasteiger partial charge in [-0.05, 0) is 32.0 Å². The van der Waals surface area contributed by atoms with Crippen LogP contribution in [0.5, 0.6) is 17.2 Å². The number of hydrogen-bond donors (Lipinski definition) is 1. The van der Waals surface area contributed by atoms with E-state index in [1.54, 1.807) is 12.1 Å². The zero-order valence-electron chi connectivity index (χ0n) is 16.1. The minimum absolute atomic E-state index is 0.292. The molecule has 27 heavy (non-hydrogen) atoms.